The van der Waals surface area contributed by atoms with Crippen molar-refractivity contribution in [2.24, 2.45) is 23.0 Å². The number of ether oxygens (including phenoxy) is 2. The molecule has 0 aliphatic heterocycles. The molecule has 1 aliphatic rings. The molecule has 11 heteroatoms. The zero-order valence-corrected chi connectivity index (χ0v) is 22.5. The molecule has 0 aromatic heterocycles. The fraction of sp³-hybridized carbons (Fsp3) is 0.704. The average Bonchev–Trinajstić information content (AvgIpc) is 2.82. The van der Waals surface area contributed by atoms with E-state index in [-0.39, 0.29) is 43.7 Å². The molecule has 1 fully saturated rings. The summed E-state index contributed by atoms with van der Waals surface area (Å²) in [6, 6.07) is 6.15. The molecule has 2 amide bonds. The molecule has 5 N–H and O–H groups in total. The van der Waals surface area contributed by atoms with Gasteiger partial charge in [-0.15, -0.1) is 0 Å². The van der Waals surface area contributed by atoms with E-state index in [0.29, 0.717) is 37.4 Å². The van der Waals surface area contributed by atoms with Gasteiger partial charge in [-0.05, 0) is 56.1 Å². The number of aliphatic hydroxyl groups excluding tert-OH is 1. The van der Waals surface area contributed by atoms with Crippen molar-refractivity contribution < 1.29 is 37.3 Å². The fourth-order valence-corrected chi connectivity index (χ4v) is 4.41. The number of nitrogens with one attached hydrogen (secondary N) is 2. The summed E-state index contributed by atoms with van der Waals surface area (Å²) in [5.74, 6) is -0.958. The highest BCUT2D eigenvalue weighted by atomic mass is 19.4. The second kappa shape index (κ2) is 14.7. The predicted molar refractivity (Wildman–Crippen MR) is 138 cm³/mol. The summed E-state index contributed by atoms with van der Waals surface area (Å²) in [5, 5.41) is 15.6. The number of unbranched alkanes of at least 4 members (excludes halogenated alkanes) is 1. The van der Waals surface area contributed by atoms with Crippen molar-refractivity contribution in [3.05, 3.63) is 29.8 Å². The number of aliphatic hydroxyl groups is 1. The van der Waals surface area contributed by atoms with Gasteiger partial charge in [0.05, 0.1) is 18.3 Å². The molecular formula is C27H42F3N3O5. The van der Waals surface area contributed by atoms with E-state index in [2.05, 4.69) is 10.6 Å². The Balaban J connectivity index is 1.87. The lowest BCUT2D eigenvalue weighted by Gasteiger charge is -2.41. The first-order valence-electron chi connectivity index (χ1n) is 13.2. The van der Waals surface area contributed by atoms with Crippen LogP contribution in [-0.2, 0) is 9.53 Å². The minimum atomic E-state index is -4.63. The summed E-state index contributed by atoms with van der Waals surface area (Å²) in [5.41, 5.74) is 4.19. The second-order valence-electron chi connectivity index (χ2n) is 10.4. The number of methoxy groups -OCH3 is 1. The number of hydrogen-bond donors (Lipinski definition) is 4. The topological polar surface area (TPSA) is 123 Å². The van der Waals surface area contributed by atoms with Crippen LogP contribution in [0.1, 0.15) is 62.7 Å². The van der Waals surface area contributed by atoms with Gasteiger partial charge in [-0.25, -0.2) is 0 Å². The Morgan fingerprint density at radius 1 is 1.11 bits per heavy atom. The Labute approximate surface area is 222 Å². The lowest BCUT2D eigenvalue weighted by Crippen LogP contribution is -2.57. The molecule has 3 unspecified atom stereocenters. The van der Waals surface area contributed by atoms with Crippen molar-refractivity contribution in [1.82, 2.24) is 10.6 Å². The maximum atomic E-state index is 13.4. The number of carbonyl (C=O) groups is 2. The molecular weight excluding hydrogens is 503 g/mol. The highest BCUT2D eigenvalue weighted by molar-refractivity contribution is 5.96. The van der Waals surface area contributed by atoms with Crippen LogP contribution in [0.3, 0.4) is 0 Å². The van der Waals surface area contributed by atoms with Gasteiger partial charge in [-0.3, -0.25) is 9.59 Å². The molecule has 0 radical (unpaired) electrons. The third-order valence-corrected chi connectivity index (χ3v) is 7.32. The van der Waals surface area contributed by atoms with Crippen LogP contribution in [0.4, 0.5) is 13.2 Å². The van der Waals surface area contributed by atoms with Gasteiger partial charge >= 0.3 is 6.18 Å². The lowest BCUT2D eigenvalue weighted by molar-refractivity contribution is -0.243. The first-order valence-corrected chi connectivity index (χ1v) is 13.2. The molecule has 0 bridgehead atoms. The number of amides is 2. The Bertz CT molecular complexity index is 893. The number of rotatable bonds is 16. The van der Waals surface area contributed by atoms with Crippen LogP contribution in [0.2, 0.25) is 0 Å². The summed E-state index contributed by atoms with van der Waals surface area (Å²) in [6.07, 6.45) is -4.08. The van der Waals surface area contributed by atoms with Gasteiger partial charge in [0.2, 0.25) is 5.91 Å². The zero-order chi connectivity index (χ0) is 28.3. The minimum absolute atomic E-state index is 0.0962. The maximum Gasteiger partial charge on any atom is 0.403 e. The number of hydrogen-bond acceptors (Lipinski definition) is 6. The van der Waals surface area contributed by atoms with Crippen molar-refractivity contribution in [3.63, 3.8) is 0 Å². The van der Waals surface area contributed by atoms with E-state index in [9.17, 15) is 27.9 Å². The number of nitrogens with two attached hydrogens (primary N) is 1. The Hall–Kier alpha value is -2.37. The van der Waals surface area contributed by atoms with E-state index in [4.69, 9.17) is 15.2 Å². The van der Waals surface area contributed by atoms with E-state index >= 15 is 0 Å². The molecule has 0 saturated heterocycles. The van der Waals surface area contributed by atoms with Crippen molar-refractivity contribution in [1.29, 1.82) is 0 Å². The van der Waals surface area contributed by atoms with Gasteiger partial charge in [-0.1, -0.05) is 32.4 Å². The minimum Gasteiger partial charge on any atom is -0.493 e. The van der Waals surface area contributed by atoms with Crippen molar-refractivity contribution in [3.8, 4) is 5.75 Å². The van der Waals surface area contributed by atoms with E-state index in [0.717, 1.165) is 12.8 Å². The van der Waals surface area contributed by atoms with Gasteiger partial charge in [0.1, 0.15) is 11.2 Å². The first kappa shape index (κ1) is 31.8. The highest BCUT2D eigenvalue weighted by Crippen LogP contribution is 2.53. The number of alkyl halides is 3. The quantitative estimate of drug-likeness (QED) is 0.236. The van der Waals surface area contributed by atoms with E-state index in [1.54, 1.807) is 31.4 Å². The number of benzene rings is 1. The SMILES string of the molecule is COCCCCOc1ccccc1C(=O)NCC(CC(N)C(O)CNC(=O)C1(C(F)(F)F)CCC1)C(C)C. The van der Waals surface area contributed by atoms with Crippen LogP contribution >= 0.6 is 0 Å². The van der Waals surface area contributed by atoms with Gasteiger partial charge < -0.3 is 30.9 Å². The molecule has 1 aromatic carbocycles. The Morgan fingerprint density at radius 2 is 1.76 bits per heavy atom. The van der Waals surface area contributed by atoms with Crippen LogP contribution in [0.15, 0.2) is 24.3 Å². The third kappa shape index (κ3) is 8.57. The van der Waals surface area contributed by atoms with E-state index in [1.165, 1.54) is 0 Å². The predicted octanol–water partition coefficient (Wildman–Crippen LogP) is 3.42. The van der Waals surface area contributed by atoms with Crippen LogP contribution in [0, 0.1) is 17.3 Å². The smallest absolute Gasteiger partial charge is 0.403 e. The van der Waals surface area contributed by atoms with Crippen molar-refractivity contribution >= 4 is 11.8 Å². The molecule has 0 heterocycles. The summed E-state index contributed by atoms with van der Waals surface area (Å²) >= 11 is 0. The first-order chi connectivity index (χ1) is 17.9. The van der Waals surface area contributed by atoms with Gasteiger partial charge in [0.15, 0.2) is 0 Å². The monoisotopic (exact) mass is 545 g/mol. The largest absolute Gasteiger partial charge is 0.493 e. The number of para-hydroxylation sites is 1. The molecule has 1 saturated carbocycles. The normalized spacial score (nSPS) is 17.3. The molecule has 3 atom stereocenters. The van der Waals surface area contributed by atoms with Gasteiger partial charge in [0.25, 0.3) is 5.91 Å². The van der Waals surface area contributed by atoms with Crippen LogP contribution < -0.4 is 21.1 Å². The molecule has 38 heavy (non-hydrogen) atoms. The van der Waals surface area contributed by atoms with E-state index < -0.39 is 29.6 Å². The molecule has 0 spiro atoms. The number of halogens is 3. The Kier molecular flexibility index (Phi) is 12.3. The fourth-order valence-electron chi connectivity index (χ4n) is 4.41. The third-order valence-electron chi connectivity index (χ3n) is 7.32. The van der Waals surface area contributed by atoms with Crippen LogP contribution in [0.5, 0.6) is 5.75 Å². The van der Waals surface area contributed by atoms with Crippen LogP contribution in [0.25, 0.3) is 0 Å². The summed E-state index contributed by atoms with van der Waals surface area (Å²) in [4.78, 5) is 25.2. The molecule has 1 aliphatic carbocycles. The van der Waals surface area contributed by atoms with Crippen LogP contribution in [-0.4, -0.2) is 68.7 Å². The molecule has 8 nitrogen and oxygen atoms in total. The second-order valence-corrected chi connectivity index (χ2v) is 10.4. The lowest BCUT2D eigenvalue weighted by atomic mass is 9.67. The number of carbonyl (C=O) groups excluding carboxylic acids is 2. The van der Waals surface area contributed by atoms with Crippen molar-refractivity contribution in [2.75, 3.05) is 33.4 Å². The van der Waals surface area contributed by atoms with Gasteiger partial charge in [0, 0.05) is 32.8 Å². The summed E-state index contributed by atoms with van der Waals surface area (Å²) in [6.45, 7) is 4.92. The average molecular weight is 546 g/mol. The summed E-state index contributed by atoms with van der Waals surface area (Å²) < 4.78 is 50.9. The highest BCUT2D eigenvalue weighted by Gasteiger charge is 2.63. The zero-order valence-electron chi connectivity index (χ0n) is 22.5. The van der Waals surface area contributed by atoms with Gasteiger partial charge in [-0.2, -0.15) is 13.2 Å². The summed E-state index contributed by atoms with van der Waals surface area (Å²) in [7, 11) is 1.64. The standard InChI is InChI=1S/C27H42F3N3O5/c1-18(2)19(15-21(31)22(34)17-33-25(36)26(11-8-12-26)27(28,29)30)16-32-24(35)20-9-4-5-10-23(20)38-14-7-6-13-37-3/h4-5,9-10,18-19,21-22,34H,6-8,11-17,31H2,1-3H3,(H,32,35)(H,33,36). The maximum absolute atomic E-state index is 13.4. The van der Waals surface area contributed by atoms with Crippen molar-refractivity contribution in [2.45, 2.75) is 70.7 Å². The molecule has 216 valence electrons. The molecule has 1 aromatic rings. The molecule has 2 rings (SSSR count). The Morgan fingerprint density at radius 3 is 2.34 bits per heavy atom. The van der Waals surface area contributed by atoms with E-state index in [1.807, 2.05) is 13.8 Å².